The van der Waals surface area contributed by atoms with E-state index in [1.807, 2.05) is 0 Å². The van der Waals surface area contributed by atoms with Gasteiger partial charge in [0.15, 0.2) is 0 Å². The first-order valence-electron chi connectivity index (χ1n) is 35.1. The molecule has 0 aliphatic carbocycles. The number of fused-ring (bicyclic) bond motifs is 9. The van der Waals surface area contributed by atoms with Gasteiger partial charge in [0.1, 0.15) is 0 Å². The minimum absolute atomic E-state index is 0.566. The van der Waals surface area contributed by atoms with E-state index in [2.05, 4.69) is 0 Å². The van der Waals surface area contributed by atoms with Crippen molar-refractivity contribution < 1.29 is 49.3 Å². The number of aromatic nitrogens is 2. The van der Waals surface area contributed by atoms with Crippen molar-refractivity contribution in [3.8, 4) is 44.8 Å². The lowest BCUT2D eigenvalue weighted by atomic mass is 9.99. The Labute approximate surface area is 386 Å². The zero-order valence-electron chi connectivity index (χ0n) is 64.9. The van der Waals surface area contributed by atoms with Crippen molar-refractivity contribution in [3.05, 3.63) is 218 Å². The largest absolute Gasteiger partial charge is 0.309 e. The molecule has 0 aliphatic rings. The van der Waals surface area contributed by atoms with Gasteiger partial charge in [-0.1, -0.05) is 151 Å². The molecule has 0 spiro atoms. The second-order valence-corrected chi connectivity index (χ2v) is 12.5. The van der Waals surface area contributed by atoms with Crippen LogP contribution in [0.1, 0.15) is 49.3 Å². The van der Waals surface area contributed by atoms with Gasteiger partial charge in [0.05, 0.1) is 71.4 Å². The van der Waals surface area contributed by atoms with Crippen molar-refractivity contribution in [3.63, 3.8) is 0 Å². The van der Waals surface area contributed by atoms with Crippen LogP contribution in [0.2, 0.25) is 0 Å². The molecule has 0 saturated carbocycles. The summed E-state index contributed by atoms with van der Waals surface area (Å²) in [5.41, 5.74) is -10.1. The van der Waals surface area contributed by atoms with Crippen LogP contribution in [0.15, 0.2) is 218 Å². The first-order valence-corrected chi connectivity index (χ1v) is 17.1. The van der Waals surface area contributed by atoms with Crippen molar-refractivity contribution in [2.45, 2.75) is 0 Å². The Balaban J connectivity index is 1.24. The highest BCUT2D eigenvalue weighted by Crippen LogP contribution is 2.41. The van der Waals surface area contributed by atoms with Crippen LogP contribution in [0.5, 0.6) is 0 Å². The highest BCUT2D eigenvalue weighted by atomic mass is 15.0. The Morgan fingerprint density at radius 3 is 1.45 bits per heavy atom. The predicted octanol–water partition coefficient (Wildman–Crippen LogP) is 15.2. The summed E-state index contributed by atoms with van der Waals surface area (Å²) in [4.78, 5) is 0. The molecule has 10 aromatic carbocycles. The molecule has 58 heavy (non-hydrogen) atoms. The molecule has 12 aromatic rings. The van der Waals surface area contributed by atoms with E-state index in [0.717, 1.165) is 0 Å². The number of hydrogen-bond acceptors (Lipinski definition) is 0. The van der Waals surface area contributed by atoms with Gasteiger partial charge in [-0.05, 0) is 121 Å². The first-order chi connectivity index (χ1) is 43.8. The smallest absolute Gasteiger partial charge is 0.0645 e. The van der Waals surface area contributed by atoms with Crippen LogP contribution in [-0.2, 0) is 0 Å². The normalized spacial score (nSPS) is 20.5. The Bertz CT molecular complexity index is 5600. The molecule has 0 saturated heterocycles. The third kappa shape index (κ3) is 5.12. The molecule has 0 aliphatic heterocycles. The van der Waals surface area contributed by atoms with Crippen molar-refractivity contribution in [1.29, 1.82) is 0 Å². The number of para-hydroxylation sites is 1. The van der Waals surface area contributed by atoms with Crippen LogP contribution in [0, 0.1) is 0 Å². The van der Waals surface area contributed by atoms with E-state index in [9.17, 15) is 26.0 Å². The second kappa shape index (κ2) is 12.9. The molecule has 0 atom stereocenters. The van der Waals surface area contributed by atoms with E-state index in [1.165, 1.54) is 0 Å². The number of rotatable bonds is 5. The average Bonchev–Trinajstić information content (AvgIpc) is 1.08. The SMILES string of the molecule is [2H]c1c([2H])c([2H])c(-c2c([2H])c([2H])c(-n3c4c([2H])c([2H])c(-c5c([2H])c([2H])c6c(c5[2H])c5c([2H])c([2H])c([2H])c([2H])c5n6-c5c([2H])c([2H])c(-c6c([2H])c([2H])c7c([2H])c([2H])c([2H])c([2H])c7c6[2H])c([2H])c5[2H])c([2H])c4c4c5c([2H])c([2H])c([2H])c([2H])c5c([2H])c([2H])c43)c([2H])c2[2H])c([2H])c1[2H]. The second-order valence-electron chi connectivity index (χ2n) is 12.5. The summed E-state index contributed by atoms with van der Waals surface area (Å²) in [7, 11) is 0. The molecule has 2 aromatic heterocycles. The van der Waals surface area contributed by atoms with Crippen LogP contribution < -0.4 is 0 Å². The highest BCUT2D eigenvalue weighted by Gasteiger charge is 2.18. The number of hydrogen-bond donors (Lipinski definition) is 0. The molecule has 0 fully saturated rings. The summed E-state index contributed by atoms with van der Waals surface area (Å²) in [5, 5.41) is -5.33. The van der Waals surface area contributed by atoms with Gasteiger partial charge in [0.2, 0.25) is 0 Å². The summed E-state index contributed by atoms with van der Waals surface area (Å²) >= 11 is 0. The van der Waals surface area contributed by atoms with Crippen LogP contribution in [0.25, 0.3) is 110 Å². The number of benzene rings is 10. The van der Waals surface area contributed by atoms with Crippen LogP contribution in [0.3, 0.4) is 0 Å². The zero-order chi connectivity index (χ0) is 69.5. The molecular formula is C56H36N2. The van der Waals surface area contributed by atoms with Gasteiger partial charge in [0, 0.05) is 32.9 Å². The van der Waals surface area contributed by atoms with E-state index >= 15 is 0 Å². The van der Waals surface area contributed by atoms with Gasteiger partial charge in [-0.2, -0.15) is 0 Å². The summed E-state index contributed by atoms with van der Waals surface area (Å²) in [5.74, 6) is 0. The fourth-order valence-electron chi connectivity index (χ4n) is 6.75. The standard InChI is InChI=1S/C56H36N2/c1-2-10-37(11-3-1)39-20-27-47(28-21-39)58-54-32-26-45(36-51(54)56-48-15-7-6-13-41(48)24-33-55(56)58)44-25-31-53-50(35-44)49-16-8-9-17-52(49)57(53)46-29-22-40(23-30-46)43-19-18-38-12-4-5-14-42(38)34-43/h1-36H/i1D,2D,3D,4D,5D,6D,7D,8D,9D,10D,11D,12D,13D,14D,15D,16D,17D,18D,19D,20D,21D,22D,23D,24D,25D,26D,27D,28D,29D,30D,31D,32D,33D,34D,35D,36D. The number of nitrogens with zero attached hydrogens (tertiary/aromatic N) is 2. The van der Waals surface area contributed by atoms with E-state index in [4.69, 9.17) is 23.3 Å². The van der Waals surface area contributed by atoms with Crippen molar-refractivity contribution in [2.24, 2.45) is 0 Å². The molecule has 0 amide bonds. The van der Waals surface area contributed by atoms with E-state index in [0.29, 0.717) is 9.13 Å². The third-order valence-corrected chi connectivity index (χ3v) is 9.30. The van der Waals surface area contributed by atoms with Crippen molar-refractivity contribution in [2.75, 3.05) is 0 Å². The van der Waals surface area contributed by atoms with Crippen LogP contribution >= 0.6 is 0 Å². The molecule has 270 valence electrons. The minimum Gasteiger partial charge on any atom is -0.309 e. The zero-order valence-corrected chi connectivity index (χ0v) is 28.9. The fraction of sp³-hybridized carbons (Fsp3) is 0. The van der Waals surface area contributed by atoms with Gasteiger partial charge < -0.3 is 9.13 Å². The molecule has 12 rings (SSSR count). The molecule has 2 nitrogen and oxygen atoms in total. The van der Waals surface area contributed by atoms with Gasteiger partial charge in [0.25, 0.3) is 0 Å². The average molecular weight is 773 g/mol. The molecule has 0 unspecified atom stereocenters. The predicted molar refractivity (Wildman–Crippen MR) is 246 cm³/mol. The van der Waals surface area contributed by atoms with Gasteiger partial charge in [-0.25, -0.2) is 0 Å². The lowest BCUT2D eigenvalue weighted by molar-refractivity contribution is 1.18. The maximum Gasteiger partial charge on any atom is 0.0645 e. The summed E-state index contributed by atoms with van der Waals surface area (Å²) < 4.78 is 329. The Kier molecular flexibility index (Phi) is 2.88. The van der Waals surface area contributed by atoms with Gasteiger partial charge >= 0.3 is 0 Å². The summed E-state index contributed by atoms with van der Waals surface area (Å²) in [6, 6.07) is -35.9. The monoisotopic (exact) mass is 773 g/mol. The third-order valence-electron chi connectivity index (χ3n) is 9.30. The molecule has 0 radical (unpaired) electrons. The molecule has 2 heterocycles. The quantitative estimate of drug-likeness (QED) is 0.165. The fourth-order valence-corrected chi connectivity index (χ4v) is 6.75. The van der Waals surface area contributed by atoms with Crippen molar-refractivity contribution >= 4 is 65.2 Å². The molecule has 2 heteroatoms. The maximum absolute atomic E-state index is 10.2. The van der Waals surface area contributed by atoms with Crippen LogP contribution in [0.4, 0.5) is 0 Å². The highest BCUT2D eigenvalue weighted by molar-refractivity contribution is 6.22. The van der Waals surface area contributed by atoms with E-state index < -0.39 is 327 Å². The lowest BCUT2D eigenvalue weighted by Crippen LogP contribution is -1.94. The van der Waals surface area contributed by atoms with Gasteiger partial charge in [-0.15, -0.1) is 0 Å². The Morgan fingerprint density at radius 1 is 0.259 bits per heavy atom. The van der Waals surface area contributed by atoms with Crippen molar-refractivity contribution in [1.82, 2.24) is 9.13 Å². The van der Waals surface area contributed by atoms with E-state index in [-0.39, 0.29) is 0 Å². The molecule has 0 bridgehead atoms. The summed E-state index contributed by atoms with van der Waals surface area (Å²) in [6.45, 7) is 0. The van der Waals surface area contributed by atoms with Crippen LogP contribution in [-0.4, -0.2) is 9.13 Å². The maximum atomic E-state index is 10.2. The lowest BCUT2D eigenvalue weighted by Gasteiger charge is -2.11. The van der Waals surface area contributed by atoms with Gasteiger partial charge in [-0.3, -0.25) is 0 Å². The summed E-state index contributed by atoms with van der Waals surface area (Å²) in [6.07, 6.45) is 0. The minimum atomic E-state index is -1.17. The topological polar surface area (TPSA) is 9.86 Å². The molecular weight excluding hydrogens is 701 g/mol. The Hall–Kier alpha value is -7.68. The Morgan fingerprint density at radius 2 is 0.707 bits per heavy atom. The van der Waals surface area contributed by atoms with E-state index in [1.54, 1.807) is 0 Å². The first kappa shape index (κ1) is 12.9. The molecule has 0 N–H and O–H groups in total.